The maximum atomic E-state index is 5.98. The Labute approximate surface area is 90.1 Å². The molecule has 76 valence electrons. The van der Waals surface area contributed by atoms with Crippen molar-refractivity contribution in [1.29, 1.82) is 0 Å². The van der Waals surface area contributed by atoms with Crippen LogP contribution in [0.5, 0.6) is 0 Å². The van der Waals surface area contributed by atoms with Crippen molar-refractivity contribution >= 4 is 17.4 Å². The van der Waals surface area contributed by atoms with Gasteiger partial charge in [0.1, 0.15) is 0 Å². The summed E-state index contributed by atoms with van der Waals surface area (Å²) < 4.78 is 0. The van der Waals surface area contributed by atoms with E-state index in [0.29, 0.717) is 0 Å². The topological polar surface area (TPSA) is 26.0 Å². The van der Waals surface area contributed by atoms with E-state index in [9.17, 15) is 0 Å². The monoisotopic (exact) mass is 207 g/mol. The van der Waals surface area contributed by atoms with Crippen LogP contribution in [-0.4, -0.2) is 5.25 Å². The molecule has 0 spiro atoms. The fourth-order valence-corrected chi connectivity index (χ4v) is 3.37. The molecule has 1 aliphatic rings. The average Bonchev–Trinajstić information content (AvgIpc) is 2.64. The van der Waals surface area contributed by atoms with E-state index in [1.165, 1.54) is 36.1 Å². The second kappa shape index (κ2) is 4.26. The van der Waals surface area contributed by atoms with Crippen LogP contribution in [0.15, 0.2) is 23.1 Å². The highest BCUT2D eigenvalue weighted by atomic mass is 32.2. The van der Waals surface area contributed by atoms with Crippen LogP contribution in [-0.2, 0) is 0 Å². The maximum absolute atomic E-state index is 5.98. The lowest BCUT2D eigenvalue weighted by atomic mass is 10.2. The van der Waals surface area contributed by atoms with Crippen LogP contribution in [0.1, 0.15) is 31.2 Å². The molecule has 1 nitrogen and oxygen atoms in total. The van der Waals surface area contributed by atoms with E-state index in [1.807, 2.05) is 23.9 Å². The Balaban J connectivity index is 2.14. The molecular weight excluding hydrogens is 190 g/mol. The first-order valence-corrected chi connectivity index (χ1v) is 6.17. The van der Waals surface area contributed by atoms with Crippen molar-refractivity contribution in [2.45, 2.75) is 42.8 Å². The van der Waals surface area contributed by atoms with Gasteiger partial charge in [-0.05, 0) is 31.4 Å². The van der Waals surface area contributed by atoms with Crippen molar-refractivity contribution in [3.63, 3.8) is 0 Å². The first-order valence-electron chi connectivity index (χ1n) is 5.29. The van der Waals surface area contributed by atoms with Gasteiger partial charge in [0.2, 0.25) is 0 Å². The molecule has 2 N–H and O–H groups in total. The SMILES string of the molecule is Cc1cccc(N)c1SC1CCCC1. The van der Waals surface area contributed by atoms with Crippen LogP contribution in [0.2, 0.25) is 0 Å². The van der Waals surface area contributed by atoms with Crippen LogP contribution in [0.25, 0.3) is 0 Å². The Morgan fingerprint density at radius 3 is 2.64 bits per heavy atom. The zero-order valence-corrected chi connectivity index (χ0v) is 9.44. The molecule has 1 aliphatic carbocycles. The van der Waals surface area contributed by atoms with Crippen LogP contribution in [0, 0.1) is 6.92 Å². The number of thioether (sulfide) groups is 1. The Bertz CT molecular complexity index is 296. The van der Waals surface area contributed by atoms with Gasteiger partial charge in [-0.25, -0.2) is 0 Å². The van der Waals surface area contributed by atoms with Crippen molar-refractivity contribution in [2.75, 3.05) is 5.73 Å². The van der Waals surface area contributed by atoms with Crippen LogP contribution >= 0.6 is 11.8 Å². The molecule has 14 heavy (non-hydrogen) atoms. The molecule has 0 radical (unpaired) electrons. The molecule has 0 unspecified atom stereocenters. The molecule has 2 heteroatoms. The van der Waals surface area contributed by atoms with Crippen molar-refractivity contribution in [3.8, 4) is 0 Å². The lowest BCUT2D eigenvalue weighted by Crippen LogP contribution is -1.98. The second-order valence-corrected chi connectivity index (χ2v) is 5.33. The minimum atomic E-state index is 0.804. The first kappa shape index (κ1) is 9.91. The molecule has 0 bridgehead atoms. The third kappa shape index (κ3) is 2.06. The summed E-state index contributed by atoms with van der Waals surface area (Å²) in [6, 6.07) is 6.18. The van der Waals surface area contributed by atoms with E-state index in [1.54, 1.807) is 0 Å². The molecule has 2 rings (SSSR count). The summed E-state index contributed by atoms with van der Waals surface area (Å²) in [4.78, 5) is 1.31. The fraction of sp³-hybridized carbons (Fsp3) is 0.500. The normalized spacial score (nSPS) is 17.5. The van der Waals surface area contributed by atoms with Crippen LogP contribution < -0.4 is 5.73 Å². The lowest BCUT2D eigenvalue weighted by Gasteiger charge is -2.13. The standard InChI is InChI=1S/C12H17NS/c1-9-5-4-8-11(13)12(9)14-10-6-2-3-7-10/h4-5,8,10H,2-3,6-7,13H2,1H3. The first-order chi connectivity index (χ1) is 6.77. The number of rotatable bonds is 2. The number of hydrogen-bond acceptors (Lipinski definition) is 2. The van der Waals surface area contributed by atoms with Crippen molar-refractivity contribution < 1.29 is 0 Å². The number of anilines is 1. The third-order valence-electron chi connectivity index (χ3n) is 2.83. The van der Waals surface area contributed by atoms with Gasteiger partial charge >= 0.3 is 0 Å². The molecule has 0 heterocycles. The second-order valence-electron chi connectivity index (χ2n) is 4.02. The molecule has 1 aromatic rings. The minimum absolute atomic E-state index is 0.804. The number of nitrogen functional groups attached to an aromatic ring is 1. The summed E-state index contributed by atoms with van der Waals surface area (Å²) in [6.45, 7) is 2.15. The van der Waals surface area contributed by atoms with E-state index in [2.05, 4.69) is 13.0 Å². The van der Waals surface area contributed by atoms with Crippen molar-refractivity contribution in [3.05, 3.63) is 23.8 Å². The molecule has 0 atom stereocenters. The predicted octanol–water partition coefficient (Wildman–Crippen LogP) is 3.61. The molecule has 0 aromatic heterocycles. The van der Waals surface area contributed by atoms with Gasteiger partial charge in [0.15, 0.2) is 0 Å². The van der Waals surface area contributed by atoms with Gasteiger partial charge in [-0.3, -0.25) is 0 Å². The summed E-state index contributed by atoms with van der Waals surface area (Å²) in [5.41, 5.74) is 8.25. The number of nitrogens with two attached hydrogens (primary N) is 1. The molecule has 0 saturated heterocycles. The quantitative estimate of drug-likeness (QED) is 0.750. The molecule has 0 aliphatic heterocycles. The smallest absolute Gasteiger partial charge is 0.0455 e. The highest BCUT2D eigenvalue weighted by Crippen LogP contribution is 2.38. The molecule has 1 aromatic carbocycles. The summed E-state index contributed by atoms with van der Waals surface area (Å²) >= 11 is 1.98. The predicted molar refractivity (Wildman–Crippen MR) is 63.7 cm³/mol. The summed E-state index contributed by atoms with van der Waals surface area (Å²) in [5.74, 6) is 0. The van der Waals surface area contributed by atoms with E-state index >= 15 is 0 Å². The maximum Gasteiger partial charge on any atom is 0.0455 e. The molecule has 0 amide bonds. The van der Waals surface area contributed by atoms with Crippen molar-refractivity contribution in [2.24, 2.45) is 0 Å². The van der Waals surface area contributed by atoms with E-state index < -0.39 is 0 Å². The van der Waals surface area contributed by atoms with E-state index in [4.69, 9.17) is 5.73 Å². The molecular formula is C12H17NS. The molecule has 1 fully saturated rings. The van der Waals surface area contributed by atoms with Gasteiger partial charge in [0.05, 0.1) is 0 Å². The van der Waals surface area contributed by atoms with Gasteiger partial charge in [-0.15, -0.1) is 11.8 Å². The van der Waals surface area contributed by atoms with E-state index in [0.717, 1.165) is 10.9 Å². The Hall–Kier alpha value is -0.630. The van der Waals surface area contributed by atoms with Gasteiger partial charge in [-0.2, -0.15) is 0 Å². The number of aryl methyl sites for hydroxylation is 1. The summed E-state index contributed by atoms with van der Waals surface area (Å²) in [5, 5.41) is 0.804. The highest BCUT2D eigenvalue weighted by molar-refractivity contribution is 8.00. The largest absolute Gasteiger partial charge is 0.398 e. The highest BCUT2D eigenvalue weighted by Gasteiger charge is 2.17. The fourth-order valence-electron chi connectivity index (χ4n) is 2.01. The third-order valence-corrected chi connectivity index (χ3v) is 4.43. The van der Waals surface area contributed by atoms with Gasteiger partial charge < -0.3 is 5.73 Å². The summed E-state index contributed by atoms with van der Waals surface area (Å²) in [6.07, 6.45) is 5.50. The van der Waals surface area contributed by atoms with Gasteiger partial charge in [0, 0.05) is 15.8 Å². The Kier molecular flexibility index (Phi) is 3.02. The zero-order chi connectivity index (χ0) is 9.97. The van der Waals surface area contributed by atoms with E-state index in [-0.39, 0.29) is 0 Å². The van der Waals surface area contributed by atoms with Gasteiger partial charge in [-0.1, -0.05) is 25.0 Å². The van der Waals surface area contributed by atoms with Crippen LogP contribution in [0.3, 0.4) is 0 Å². The Morgan fingerprint density at radius 2 is 2.00 bits per heavy atom. The molecule has 1 saturated carbocycles. The lowest BCUT2D eigenvalue weighted by molar-refractivity contribution is 0.886. The zero-order valence-electron chi connectivity index (χ0n) is 8.62. The average molecular weight is 207 g/mol. The number of hydrogen-bond donors (Lipinski definition) is 1. The van der Waals surface area contributed by atoms with Crippen LogP contribution in [0.4, 0.5) is 5.69 Å². The summed E-state index contributed by atoms with van der Waals surface area (Å²) in [7, 11) is 0. The van der Waals surface area contributed by atoms with Gasteiger partial charge in [0.25, 0.3) is 0 Å². The Morgan fingerprint density at radius 1 is 1.29 bits per heavy atom. The van der Waals surface area contributed by atoms with Crippen molar-refractivity contribution in [1.82, 2.24) is 0 Å². The minimum Gasteiger partial charge on any atom is -0.398 e. The number of benzene rings is 1.